The van der Waals surface area contributed by atoms with Crippen LogP contribution in [-0.4, -0.2) is 29.8 Å². The maximum absolute atomic E-state index is 11.9. The molecule has 1 aromatic rings. The molecule has 0 aromatic heterocycles. The summed E-state index contributed by atoms with van der Waals surface area (Å²) in [5.74, 6) is -0.419. The number of aliphatic carboxylic acids is 1. The van der Waals surface area contributed by atoms with Crippen molar-refractivity contribution in [2.75, 3.05) is 12.4 Å². The van der Waals surface area contributed by atoms with Gasteiger partial charge in [-0.1, -0.05) is 13.3 Å². The summed E-state index contributed by atoms with van der Waals surface area (Å²) in [4.78, 5) is 23.2. The Bertz CT molecular complexity index is 536. The molecule has 0 saturated heterocycles. The zero-order valence-electron chi connectivity index (χ0n) is 12.2. The van der Waals surface area contributed by atoms with Crippen LogP contribution in [0.3, 0.4) is 0 Å². The number of anilines is 1. The van der Waals surface area contributed by atoms with Gasteiger partial charge in [-0.25, -0.2) is 9.59 Å². The van der Waals surface area contributed by atoms with Crippen molar-refractivity contribution in [3.05, 3.63) is 22.7 Å². The number of carbonyl (C=O) groups is 2. The minimum absolute atomic E-state index is 0.349. The van der Waals surface area contributed by atoms with Crippen molar-refractivity contribution >= 4 is 33.6 Å². The lowest BCUT2D eigenvalue weighted by molar-refractivity contribution is -0.143. The van der Waals surface area contributed by atoms with Crippen LogP contribution in [-0.2, 0) is 4.79 Å². The van der Waals surface area contributed by atoms with Crippen molar-refractivity contribution in [3.8, 4) is 5.75 Å². The SMILES string of the molecule is CCCC(C)(NC(=O)Nc1ccc(OC)c(Br)c1)C(=O)O. The Labute approximate surface area is 132 Å². The van der Waals surface area contributed by atoms with E-state index in [1.807, 2.05) is 6.92 Å². The molecule has 0 heterocycles. The summed E-state index contributed by atoms with van der Waals surface area (Å²) in [5.41, 5.74) is -0.757. The fourth-order valence-electron chi connectivity index (χ4n) is 1.88. The predicted octanol–water partition coefficient (Wildman–Crippen LogP) is 3.22. The largest absolute Gasteiger partial charge is 0.496 e. The Kier molecular flexibility index (Phi) is 6.02. The number of ether oxygens (including phenoxy) is 1. The molecule has 6 nitrogen and oxygen atoms in total. The first kappa shape index (κ1) is 17.3. The molecule has 2 amide bonds. The fraction of sp³-hybridized carbons (Fsp3) is 0.429. The lowest BCUT2D eigenvalue weighted by Gasteiger charge is -2.25. The van der Waals surface area contributed by atoms with E-state index in [-0.39, 0.29) is 0 Å². The van der Waals surface area contributed by atoms with Crippen LogP contribution in [0, 0.1) is 0 Å². The summed E-state index contributed by atoms with van der Waals surface area (Å²) in [6.07, 6.45) is 0.999. The molecular weight excluding hydrogens is 340 g/mol. The van der Waals surface area contributed by atoms with Crippen molar-refractivity contribution in [3.63, 3.8) is 0 Å². The normalized spacial score (nSPS) is 13.1. The molecule has 1 atom stereocenters. The first-order chi connectivity index (χ1) is 9.82. The number of urea groups is 1. The second kappa shape index (κ2) is 7.31. The van der Waals surface area contributed by atoms with Gasteiger partial charge in [0.1, 0.15) is 11.3 Å². The van der Waals surface area contributed by atoms with E-state index in [1.54, 1.807) is 25.3 Å². The summed E-state index contributed by atoms with van der Waals surface area (Å²) >= 11 is 3.32. The van der Waals surface area contributed by atoms with Gasteiger partial charge in [0, 0.05) is 5.69 Å². The van der Waals surface area contributed by atoms with Gasteiger partial charge in [0.15, 0.2) is 0 Å². The fourth-order valence-corrected chi connectivity index (χ4v) is 2.42. The van der Waals surface area contributed by atoms with Gasteiger partial charge in [0.25, 0.3) is 0 Å². The van der Waals surface area contributed by atoms with Gasteiger partial charge in [-0.15, -0.1) is 0 Å². The molecule has 0 bridgehead atoms. The maximum Gasteiger partial charge on any atom is 0.329 e. The highest BCUT2D eigenvalue weighted by Crippen LogP contribution is 2.27. The summed E-state index contributed by atoms with van der Waals surface area (Å²) in [6, 6.07) is 4.48. The third kappa shape index (κ3) is 4.63. The van der Waals surface area contributed by atoms with Gasteiger partial charge in [-0.05, 0) is 47.5 Å². The van der Waals surface area contributed by atoms with E-state index >= 15 is 0 Å². The Morgan fingerprint density at radius 2 is 2.10 bits per heavy atom. The molecule has 3 N–H and O–H groups in total. The second-order valence-electron chi connectivity index (χ2n) is 4.82. The Morgan fingerprint density at radius 1 is 1.43 bits per heavy atom. The highest BCUT2D eigenvalue weighted by Gasteiger charge is 2.33. The molecule has 1 rings (SSSR count). The monoisotopic (exact) mass is 358 g/mol. The van der Waals surface area contributed by atoms with Crippen LogP contribution >= 0.6 is 15.9 Å². The zero-order chi connectivity index (χ0) is 16.0. The van der Waals surface area contributed by atoms with E-state index in [9.17, 15) is 14.7 Å². The first-order valence-corrected chi connectivity index (χ1v) is 7.27. The van der Waals surface area contributed by atoms with E-state index in [2.05, 4.69) is 26.6 Å². The molecule has 0 aliphatic carbocycles. The van der Waals surface area contributed by atoms with Crippen molar-refractivity contribution in [1.82, 2.24) is 5.32 Å². The Hall–Kier alpha value is -1.76. The third-order valence-corrected chi connectivity index (χ3v) is 3.64. The number of amides is 2. The number of carboxylic acid groups (broad SMARTS) is 1. The molecule has 0 radical (unpaired) electrons. The summed E-state index contributed by atoms with van der Waals surface area (Å²) < 4.78 is 5.79. The van der Waals surface area contributed by atoms with Crippen LogP contribution in [0.15, 0.2) is 22.7 Å². The summed E-state index contributed by atoms with van der Waals surface area (Å²) in [7, 11) is 1.54. The number of nitrogens with one attached hydrogen (secondary N) is 2. The lowest BCUT2D eigenvalue weighted by Crippen LogP contribution is -2.53. The second-order valence-corrected chi connectivity index (χ2v) is 5.67. The number of carbonyl (C=O) groups excluding carboxylic acids is 1. The number of methoxy groups -OCH3 is 1. The maximum atomic E-state index is 11.9. The summed E-state index contributed by atoms with van der Waals surface area (Å²) in [6.45, 7) is 3.35. The first-order valence-electron chi connectivity index (χ1n) is 6.48. The van der Waals surface area contributed by atoms with Crippen molar-refractivity contribution < 1.29 is 19.4 Å². The molecule has 1 unspecified atom stereocenters. The number of hydrogen-bond donors (Lipinski definition) is 3. The van der Waals surface area contributed by atoms with Crippen molar-refractivity contribution in [2.45, 2.75) is 32.2 Å². The average molecular weight is 359 g/mol. The molecule has 21 heavy (non-hydrogen) atoms. The number of halogens is 1. The topological polar surface area (TPSA) is 87.7 Å². The van der Waals surface area contributed by atoms with Crippen LogP contribution < -0.4 is 15.4 Å². The molecule has 0 spiro atoms. The Morgan fingerprint density at radius 3 is 2.57 bits per heavy atom. The van der Waals surface area contributed by atoms with E-state index < -0.39 is 17.5 Å². The van der Waals surface area contributed by atoms with Gasteiger partial charge >= 0.3 is 12.0 Å². The van der Waals surface area contributed by atoms with E-state index in [1.165, 1.54) is 6.92 Å². The molecular formula is C14H19BrN2O4. The Balaban J connectivity index is 2.77. The van der Waals surface area contributed by atoms with E-state index in [4.69, 9.17) is 4.74 Å². The quantitative estimate of drug-likeness (QED) is 0.728. The minimum atomic E-state index is -1.29. The third-order valence-electron chi connectivity index (χ3n) is 3.02. The van der Waals surface area contributed by atoms with Crippen molar-refractivity contribution in [2.24, 2.45) is 0 Å². The predicted molar refractivity (Wildman–Crippen MR) is 83.8 cm³/mol. The smallest absolute Gasteiger partial charge is 0.329 e. The highest BCUT2D eigenvalue weighted by molar-refractivity contribution is 9.10. The van der Waals surface area contributed by atoms with Gasteiger partial charge in [0.2, 0.25) is 0 Å². The number of benzene rings is 1. The van der Waals surface area contributed by atoms with Gasteiger partial charge in [-0.3, -0.25) is 0 Å². The minimum Gasteiger partial charge on any atom is -0.496 e. The van der Waals surface area contributed by atoms with E-state index in [0.29, 0.717) is 28.8 Å². The molecule has 0 saturated carbocycles. The van der Waals surface area contributed by atoms with Crippen LogP contribution in [0.2, 0.25) is 0 Å². The average Bonchev–Trinajstić information content (AvgIpc) is 2.38. The van der Waals surface area contributed by atoms with Gasteiger partial charge in [-0.2, -0.15) is 0 Å². The molecule has 116 valence electrons. The molecule has 1 aromatic carbocycles. The summed E-state index contributed by atoms with van der Waals surface area (Å²) in [5, 5.41) is 14.3. The number of carboxylic acids is 1. The number of rotatable bonds is 6. The van der Waals surface area contributed by atoms with Crippen LogP contribution in [0.5, 0.6) is 5.75 Å². The van der Waals surface area contributed by atoms with Gasteiger partial charge in [0.05, 0.1) is 11.6 Å². The lowest BCUT2D eigenvalue weighted by atomic mass is 9.97. The molecule has 0 fully saturated rings. The molecule has 7 heteroatoms. The standard InChI is InChI=1S/C14H19BrN2O4/c1-4-7-14(2,12(18)19)17-13(20)16-9-5-6-11(21-3)10(15)8-9/h5-6,8H,4,7H2,1-3H3,(H,18,19)(H2,16,17,20). The van der Waals surface area contributed by atoms with Crippen LogP contribution in [0.25, 0.3) is 0 Å². The van der Waals surface area contributed by atoms with Gasteiger partial charge < -0.3 is 20.5 Å². The zero-order valence-corrected chi connectivity index (χ0v) is 13.8. The molecule has 0 aliphatic rings. The van der Waals surface area contributed by atoms with Crippen molar-refractivity contribution in [1.29, 1.82) is 0 Å². The van der Waals surface area contributed by atoms with Crippen LogP contribution in [0.4, 0.5) is 10.5 Å². The van der Waals surface area contributed by atoms with Crippen LogP contribution in [0.1, 0.15) is 26.7 Å². The number of hydrogen-bond acceptors (Lipinski definition) is 3. The highest BCUT2D eigenvalue weighted by atomic mass is 79.9. The van der Waals surface area contributed by atoms with E-state index in [0.717, 1.165) is 0 Å². The molecule has 0 aliphatic heterocycles.